The number of ether oxygens (including phenoxy) is 1. The molecule has 0 fully saturated rings. The summed E-state index contributed by atoms with van der Waals surface area (Å²) in [4.78, 5) is 10.9. The van der Waals surface area contributed by atoms with Gasteiger partial charge in [0.05, 0.1) is 22.8 Å². The molecule has 7 heteroatoms. The third kappa shape index (κ3) is 3.28. The van der Waals surface area contributed by atoms with Crippen molar-refractivity contribution in [3.8, 4) is 17.0 Å². The van der Waals surface area contributed by atoms with Gasteiger partial charge in [-0.1, -0.05) is 23.2 Å². The van der Waals surface area contributed by atoms with Crippen LogP contribution in [0.3, 0.4) is 0 Å². The van der Waals surface area contributed by atoms with E-state index in [1.165, 1.54) is 13.2 Å². The minimum atomic E-state index is -0.264. The summed E-state index contributed by atoms with van der Waals surface area (Å²) in [6, 6.07) is 6.32. The van der Waals surface area contributed by atoms with E-state index in [9.17, 15) is 4.79 Å². The van der Waals surface area contributed by atoms with Crippen molar-refractivity contribution in [3.63, 3.8) is 0 Å². The molecule has 0 saturated heterocycles. The number of nitrogens with zero attached hydrogens (tertiary/aromatic N) is 1. The van der Waals surface area contributed by atoms with E-state index in [0.717, 1.165) is 0 Å². The molecule has 1 aromatic carbocycles. The molecule has 1 N–H and O–H groups in total. The molecule has 0 atom stereocenters. The topological polar surface area (TPSA) is 55.0 Å². The van der Waals surface area contributed by atoms with Crippen LogP contribution in [-0.2, 0) is 0 Å². The molecule has 0 bridgehead atoms. The Balaban J connectivity index is 0.00000162. The number of halogens is 2. The first-order valence-electron chi connectivity index (χ1n) is 4.71. The molecule has 2 aromatic rings. The van der Waals surface area contributed by atoms with Crippen molar-refractivity contribution in [3.05, 3.63) is 44.7 Å². The fourth-order valence-corrected chi connectivity index (χ4v) is 2.05. The largest absolute Gasteiger partial charge is 1.00 e. The summed E-state index contributed by atoms with van der Waals surface area (Å²) in [5, 5.41) is 7.02. The quantitative estimate of drug-likeness (QED) is 0.785. The van der Waals surface area contributed by atoms with Crippen LogP contribution in [-0.4, -0.2) is 17.3 Å². The maximum Gasteiger partial charge on any atom is 1.00 e. The van der Waals surface area contributed by atoms with Gasteiger partial charge in [-0.3, -0.25) is 4.79 Å². The van der Waals surface area contributed by atoms with Crippen LogP contribution >= 0.6 is 23.2 Å². The second-order valence-electron chi connectivity index (χ2n) is 3.28. The molecule has 0 radical (unpaired) electrons. The number of aromatic nitrogens is 2. The molecule has 0 aliphatic heterocycles. The third-order valence-corrected chi connectivity index (χ3v) is 2.74. The molecule has 90 valence electrons. The molecule has 1 aromatic heterocycles. The summed E-state index contributed by atoms with van der Waals surface area (Å²) in [6.45, 7) is 0. The number of H-pyrrole nitrogens is 1. The predicted molar refractivity (Wildman–Crippen MR) is 68.0 cm³/mol. The zero-order valence-corrected chi connectivity index (χ0v) is 13.3. The predicted octanol–water partition coefficient (Wildman–Crippen LogP) is -0.131. The molecule has 0 unspecified atom stereocenters. The van der Waals surface area contributed by atoms with Gasteiger partial charge in [-0.05, 0) is 18.2 Å². The Bertz CT molecular complexity index is 578. The molecule has 1 heterocycles. The summed E-state index contributed by atoms with van der Waals surface area (Å²) in [5.41, 5.74) is 1.02. The first-order valence-corrected chi connectivity index (χ1v) is 5.46. The van der Waals surface area contributed by atoms with Crippen molar-refractivity contribution >= 4 is 23.2 Å². The van der Waals surface area contributed by atoms with Crippen molar-refractivity contribution in [1.29, 1.82) is 0 Å². The number of hydrogen-bond acceptors (Lipinski definition) is 3. The number of rotatable bonds is 2. The van der Waals surface area contributed by atoms with Gasteiger partial charge in [0, 0.05) is 11.6 Å². The van der Waals surface area contributed by atoms with Crippen LogP contribution in [0.5, 0.6) is 5.75 Å². The second-order valence-corrected chi connectivity index (χ2v) is 4.09. The van der Waals surface area contributed by atoms with Gasteiger partial charge < -0.3 is 6.16 Å². The first kappa shape index (κ1) is 15.5. The van der Waals surface area contributed by atoms with Crippen LogP contribution in [0.15, 0.2) is 29.1 Å². The van der Waals surface area contributed by atoms with Crippen LogP contribution in [0.1, 0.15) is 1.43 Å². The summed E-state index contributed by atoms with van der Waals surface area (Å²) in [7, 11) is 1.49. The average Bonchev–Trinajstić information content (AvgIpc) is 2.29. The molecule has 0 aliphatic carbocycles. The van der Waals surface area contributed by atoms with Crippen molar-refractivity contribution in [2.24, 2.45) is 0 Å². The molecule has 2 rings (SSSR count). The van der Waals surface area contributed by atoms with Crippen LogP contribution in [0.2, 0.25) is 10.0 Å². The van der Waals surface area contributed by atoms with Gasteiger partial charge in [-0.2, -0.15) is 5.10 Å². The standard InChI is InChI=1S/C11H8Cl2N2O2.Na.H/c1-17-11-7(12)4-6(5-8(11)13)9-2-3-10(16)15-14-9;;/h2-5H,1H3,(H,15,16);;/q;+1;-1. The first-order chi connectivity index (χ1) is 8.11. The monoisotopic (exact) mass is 294 g/mol. The van der Waals surface area contributed by atoms with Gasteiger partial charge in [-0.15, -0.1) is 0 Å². The van der Waals surface area contributed by atoms with Crippen LogP contribution in [0.25, 0.3) is 11.3 Å². The van der Waals surface area contributed by atoms with Gasteiger partial charge in [0.1, 0.15) is 0 Å². The fourth-order valence-electron chi connectivity index (χ4n) is 1.41. The zero-order chi connectivity index (χ0) is 12.4. The zero-order valence-electron chi connectivity index (χ0n) is 10.8. The minimum absolute atomic E-state index is 0. The average molecular weight is 295 g/mol. The Morgan fingerprint density at radius 2 is 1.89 bits per heavy atom. The van der Waals surface area contributed by atoms with Gasteiger partial charge in [0.2, 0.25) is 0 Å². The minimum Gasteiger partial charge on any atom is -1.00 e. The van der Waals surface area contributed by atoms with Crippen molar-refractivity contribution < 1.29 is 35.7 Å². The van der Waals surface area contributed by atoms with Crippen LogP contribution in [0, 0.1) is 0 Å². The fraction of sp³-hybridized carbons (Fsp3) is 0.0909. The summed E-state index contributed by atoms with van der Waals surface area (Å²) in [5.74, 6) is 0.418. The Morgan fingerprint density at radius 3 is 2.33 bits per heavy atom. The summed E-state index contributed by atoms with van der Waals surface area (Å²) < 4.78 is 5.04. The van der Waals surface area contributed by atoms with E-state index in [-0.39, 0.29) is 36.5 Å². The van der Waals surface area contributed by atoms with E-state index in [0.29, 0.717) is 27.1 Å². The Morgan fingerprint density at radius 1 is 1.28 bits per heavy atom. The molecular formula is C11H9Cl2N2NaO2. The smallest absolute Gasteiger partial charge is 1.00 e. The van der Waals surface area contributed by atoms with Gasteiger partial charge in [0.15, 0.2) is 5.75 Å². The second kappa shape index (κ2) is 6.59. The van der Waals surface area contributed by atoms with E-state index >= 15 is 0 Å². The van der Waals surface area contributed by atoms with Gasteiger partial charge in [0.25, 0.3) is 5.56 Å². The normalized spacial score (nSPS) is 9.72. The maximum atomic E-state index is 10.9. The van der Waals surface area contributed by atoms with Crippen LogP contribution in [0.4, 0.5) is 0 Å². The Labute approximate surface area is 137 Å². The van der Waals surface area contributed by atoms with Gasteiger partial charge >= 0.3 is 29.6 Å². The molecule has 4 nitrogen and oxygen atoms in total. The van der Waals surface area contributed by atoms with Crippen molar-refractivity contribution in [2.45, 2.75) is 0 Å². The molecule has 18 heavy (non-hydrogen) atoms. The van der Waals surface area contributed by atoms with E-state index < -0.39 is 0 Å². The summed E-state index contributed by atoms with van der Waals surface area (Å²) in [6.07, 6.45) is 0. The van der Waals surface area contributed by atoms with Crippen LogP contribution < -0.4 is 39.9 Å². The van der Waals surface area contributed by atoms with Crippen molar-refractivity contribution in [2.75, 3.05) is 7.11 Å². The number of hydrogen-bond donors (Lipinski definition) is 1. The van der Waals surface area contributed by atoms with E-state index in [1.54, 1.807) is 18.2 Å². The number of nitrogens with one attached hydrogen (secondary N) is 1. The number of aromatic amines is 1. The van der Waals surface area contributed by atoms with E-state index in [2.05, 4.69) is 10.2 Å². The van der Waals surface area contributed by atoms with E-state index in [4.69, 9.17) is 27.9 Å². The third-order valence-electron chi connectivity index (χ3n) is 2.18. The summed E-state index contributed by atoms with van der Waals surface area (Å²) >= 11 is 12.0. The number of methoxy groups -OCH3 is 1. The Hall–Kier alpha value is -0.520. The van der Waals surface area contributed by atoms with E-state index in [1.807, 2.05) is 0 Å². The SMILES string of the molecule is COc1c(Cl)cc(-c2ccc(=O)[nH]n2)cc1Cl.[H-].[Na+]. The number of benzene rings is 1. The molecule has 0 spiro atoms. The molecular weight excluding hydrogens is 286 g/mol. The Kier molecular flexibility index (Phi) is 5.69. The van der Waals surface area contributed by atoms with Crippen molar-refractivity contribution in [1.82, 2.24) is 10.2 Å². The van der Waals surface area contributed by atoms with Gasteiger partial charge in [-0.25, -0.2) is 5.10 Å². The maximum absolute atomic E-state index is 10.9. The molecule has 0 saturated carbocycles. The molecule has 0 amide bonds. The molecule has 0 aliphatic rings.